The second-order valence-corrected chi connectivity index (χ2v) is 8.78. The summed E-state index contributed by atoms with van der Waals surface area (Å²) < 4.78 is 5.49. The van der Waals surface area contributed by atoms with Crippen LogP contribution in [0, 0.1) is 0 Å². The van der Waals surface area contributed by atoms with Crippen molar-refractivity contribution >= 4 is 34.6 Å². The van der Waals surface area contributed by atoms with E-state index in [0.29, 0.717) is 5.52 Å². The Hall–Kier alpha value is -4.92. The Morgan fingerprint density at radius 3 is 2.30 bits per heavy atom. The van der Waals surface area contributed by atoms with Crippen molar-refractivity contribution in [1.29, 1.82) is 0 Å². The Bertz CT molecular complexity index is 1560. The van der Waals surface area contributed by atoms with Crippen LogP contribution in [-0.4, -0.2) is 40.7 Å². The first-order valence-electron chi connectivity index (χ1n) is 11.6. The SMILES string of the molecule is C[C@H](NC(=O)OCC1c2ccccc2-c2ccccc21)C(=O)Nc1ccc2[nH]cc(C(=O)O)c(=O)c2c1. The maximum atomic E-state index is 12.7. The first-order valence-corrected chi connectivity index (χ1v) is 11.6. The zero-order valence-electron chi connectivity index (χ0n) is 19.8. The highest BCUT2D eigenvalue weighted by molar-refractivity contribution is 5.99. The summed E-state index contributed by atoms with van der Waals surface area (Å²) in [4.78, 5) is 51.6. The number of aromatic nitrogens is 1. The normalized spacial score (nSPS) is 12.9. The molecule has 1 heterocycles. The number of carboxylic acids is 1. The van der Waals surface area contributed by atoms with Crippen molar-refractivity contribution < 1.29 is 24.2 Å². The molecule has 0 fully saturated rings. The second kappa shape index (κ2) is 9.62. The molecule has 3 aromatic carbocycles. The Balaban J connectivity index is 1.22. The van der Waals surface area contributed by atoms with Crippen molar-refractivity contribution in [2.24, 2.45) is 0 Å². The Morgan fingerprint density at radius 1 is 1.00 bits per heavy atom. The molecule has 2 amide bonds. The quantitative estimate of drug-likeness (QED) is 0.317. The molecule has 4 N–H and O–H groups in total. The number of aromatic amines is 1. The first kappa shape index (κ1) is 23.8. The van der Waals surface area contributed by atoms with Crippen LogP contribution in [0.2, 0.25) is 0 Å². The predicted octanol–water partition coefficient (Wildman–Crippen LogP) is 4.09. The van der Waals surface area contributed by atoms with Crippen LogP contribution in [-0.2, 0) is 9.53 Å². The molecule has 37 heavy (non-hydrogen) atoms. The highest BCUT2D eigenvalue weighted by Crippen LogP contribution is 2.44. The van der Waals surface area contributed by atoms with Crippen molar-refractivity contribution in [3.63, 3.8) is 0 Å². The number of hydrogen-bond donors (Lipinski definition) is 4. The van der Waals surface area contributed by atoms with Gasteiger partial charge >= 0.3 is 12.1 Å². The fourth-order valence-electron chi connectivity index (χ4n) is 4.59. The molecular formula is C28H23N3O6. The molecule has 1 aromatic heterocycles. The van der Waals surface area contributed by atoms with Crippen LogP contribution in [0.5, 0.6) is 0 Å². The number of alkyl carbamates (subject to hydrolysis) is 1. The summed E-state index contributed by atoms with van der Waals surface area (Å²) in [5.74, 6) is -1.98. The summed E-state index contributed by atoms with van der Waals surface area (Å²) in [5.41, 5.74) is 4.04. The molecule has 1 atom stereocenters. The van der Waals surface area contributed by atoms with Gasteiger partial charge in [0.25, 0.3) is 0 Å². The lowest BCUT2D eigenvalue weighted by Crippen LogP contribution is -2.42. The van der Waals surface area contributed by atoms with Crippen LogP contribution in [0.15, 0.2) is 77.7 Å². The summed E-state index contributed by atoms with van der Waals surface area (Å²) in [6.07, 6.45) is 0.400. The average molecular weight is 498 g/mol. The van der Waals surface area contributed by atoms with Crippen LogP contribution >= 0.6 is 0 Å². The molecule has 0 spiro atoms. The number of pyridine rings is 1. The molecule has 0 bridgehead atoms. The van der Waals surface area contributed by atoms with E-state index in [-0.39, 0.29) is 23.6 Å². The lowest BCUT2D eigenvalue weighted by atomic mass is 9.98. The van der Waals surface area contributed by atoms with Gasteiger partial charge in [0.05, 0.1) is 0 Å². The molecule has 1 aliphatic rings. The van der Waals surface area contributed by atoms with Gasteiger partial charge in [-0.05, 0) is 47.4 Å². The van der Waals surface area contributed by atoms with Gasteiger partial charge in [-0.3, -0.25) is 9.59 Å². The molecule has 4 aromatic rings. The van der Waals surface area contributed by atoms with Crippen molar-refractivity contribution in [3.8, 4) is 11.1 Å². The molecule has 9 heteroatoms. The predicted molar refractivity (Wildman–Crippen MR) is 138 cm³/mol. The van der Waals surface area contributed by atoms with Crippen LogP contribution in [0.3, 0.4) is 0 Å². The number of benzene rings is 3. The topological polar surface area (TPSA) is 138 Å². The number of carbonyl (C=O) groups is 3. The molecular weight excluding hydrogens is 474 g/mol. The van der Waals surface area contributed by atoms with Gasteiger partial charge in [-0.1, -0.05) is 48.5 Å². The van der Waals surface area contributed by atoms with E-state index in [0.717, 1.165) is 28.5 Å². The third-order valence-electron chi connectivity index (χ3n) is 6.45. The van der Waals surface area contributed by atoms with E-state index in [1.54, 1.807) is 12.1 Å². The average Bonchev–Trinajstić information content (AvgIpc) is 3.21. The summed E-state index contributed by atoms with van der Waals surface area (Å²) in [5, 5.41) is 14.4. The van der Waals surface area contributed by atoms with E-state index < -0.39 is 35.0 Å². The molecule has 0 aliphatic heterocycles. The number of aromatic carboxylic acids is 1. The number of rotatable bonds is 6. The smallest absolute Gasteiger partial charge is 0.407 e. The first-order chi connectivity index (χ1) is 17.8. The fraction of sp³-hybridized carbons (Fsp3) is 0.143. The minimum atomic E-state index is -1.35. The summed E-state index contributed by atoms with van der Waals surface area (Å²) in [6.45, 7) is 1.63. The molecule has 1 aliphatic carbocycles. The van der Waals surface area contributed by atoms with Crippen LogP contribution in [0.4, 0.5) is 10.5 Å². The minimum absolute atomic E-state index is 0.103. The highest BCUT2D eigenvalue weighted by atomic mass is 16.5. The second-order valence-electron chi connectivity index (χ2n) is 8.78. The van der Waals surface area contributed by atoms with Gasteiger partial charge in [-0.25, -0.2) is 9.59 Å². The van der Waals surface area contributed by atoms with Crippen LogP contribution in [0.25, 0.3) is 22.0 Å². The summed E-state index contributed by atoms with van der Waals surface area (Å²) in [6, 6.07) is 19.6. The monoisotopic (exact) mass is 497 g/mol. The molecule has 0 saturated heterocycles. The van der Waals surface area contributed by atoms with Gasteiger partial charge in [0.1, 0.15) is 18.2 Å². The largest absolute Gasteiger partial charge is 0.477 e. The Morgan fingerprint density at radius 2 is 1.65 bits per heavy atom. The summed E-state index contributed by atoms with van der Waals surface area (Å²) in [7, 11) is 0. The lowest BCUT2D eigenvalue weighted by Gasteiger charge is -2.17. The number of anilines is 1. The number of carboxylic acid groups (broad SMARTS) is 1. The van der Waals surface area contributed by atoms with E-state index in [4.69, 9.17) is 9.84 Å². The standard InChI is InChI=1S/C28H23N3O6/c1-15(26(33)31-16-10-11-24-21(12-16)25(32)22(13-29-24)27(34)35)30-28(36)37-14-23-19-8-4-2-6-17(19)18-7-3-5-9-20(18)23/h2-13,15,23H,14H2,1H3,(H,29,32)(H,30,36)(H,31,33)(H,34,35)/t15-/m0/s1. The highest BCUT2D eigenvalue weighted by Gasteiger charge is 2.29. The fourth-order valence-corrected chi connectivity index (χ4v) is 4.59. The van der Waals surface area contributed by atoms with Gasteiger partial charge in [-0.2, -0.15) is 0 Å². The number of amides is 2. The van der Waals surface area contributed by atoms with E-state index in [2.05, 4.69) is 15.6 Å². The maximum absolute atomic E-state index is 12.7. The minimum Gasteiger partial charge on any atom is -0.477 e. The molecule has 9 nitrogen and oxygen atoms in total. The van der Waals surface area contributed by atoms with E-state index in [9.17, 15) is 19.2 Å². The number of carbonyl (C=O) groups excluding carboxylic acids is 2. The van der Waals surface area contributed by atoms with Crippen molar-refractivity contribution in [2.45, 2.75) is 18.9 Å². The zero-order chi connectivity index (χ0) is 26.1. The van der Waals surface area contributed by atoms with Gasteiger partial charge in [0.15, 0.2) is 0 Å². The van der Waals surface area contributed by atoms with E-state index in [1.165, 1.54) is 13.0 Å². The third-order valence-corrected chi connectivity index (χ3v) is 6.45. The molecule has 0 radical (unpaired) electrons. The Kier molecular flexibility index (Phi) is 6.19. The van der Waals surface area contributed by atoms with Crippen LogP contribution < -0.4 is 16.1 Å². The third kappa shape index (κ3) is 4.54. The summed E-state index contributed by atoms with van der Waals surface area (Å²) >= 11 is 0. The van der Waals surface area contributed by atoms with Gasteiger partial charge in [0, 0.05) is 28.7 Å². The van der Waals surface area contributed by atoms with E-state index in [1.807, 2.05) is 48.5 Å². The number of fused-ring (bicyclic) bond motifs is 4. The molecule has 5 rings (SSSR count). The van der Waals surface area contributed by atoms with Crippen molar-refractivity contribution in [2.75, 3.05) is 11.9 Å². The van der Waals surface area contributed by atoms with Gasteiger partial charge in [0.2, 0.25) is 11.3 Å². The lowest BCUT2D eigenvalue weighted by molar-refractivity contribution is -0.117. The maximum Gasteiger partial charge on any atom is 0.407 e. The zero-order valence-corrected chi connectivity index (χ0v) is 19.8. The number of hydrogen-bond acceptors (Lipinski definition) is 5. The van der Waals surface area contributed by atoms with Crippen molar-refractivity contribution in [1.82, 2.24) is 10.3 Å². The van der Waals surface area contributed by atoms with Gasteiger partial charge in [-0.15, -0.1) is 0 Å². The molecule has 0 unspecified atom stereocenters. The van der Waals surface area contributed by atoms with Crippen molar-refractivity contribution in [3.05, 3.63) is 99.8 Å². The number of ether oxygens (including phenoxy) is 1. The van der Waals surface area contributed by atoms with Gasteiger partial charge < -0.3 is 25.5 Å². The van der Waals surface area contributed by atoms with Crippen LogP contribution in [0.1, 0.15) is 34.3 Å². The Labute approximate surface area is 211 Å². The molecule has 186 valence electrons. The van der Waals surface area contributed by atoms with E-state index >= 15 is 0 Å². The molecule has 0 saturated carbocycles. The number of nitrogens with one attached hydrogen (secondary N) is 3. The number of H-pyrrole nitrogens is 1.